The number of nitrogens with zero attached hydrogens (tertiary/aromatic N) is 3. The van der Waals surface area contributed by atoms with Gasteiger partial charge in [-0.2, -0.15) is 5.10 Å². The fourth-order valence-electron chi connectivity index (χ4n) is 2.02. The van der Waals surface area contributed by atoms with E-state index in [9.17, 15) is 5.11 Å². The van der Waals surface area contributed by atoms with E-state index < -0.39 is 6.10 Å². The zero-order valence-corrected chi connectivity index (χ0v) is 14.0. The first-order chi connectivity index (χ1) is 9.97. The van der Waals surface area contributed by atoms with Gasteiger partial charge in [0.2, 0.25) is 0 Å². The molecule has 2 aromatic rings. The molecule has 6 heteroatoms. The van der Waals surface area contributed by atoms with E-state index in [1.807, 2.05) is 22.9 Å². The third kappa shape index (κ3) is 4.28. The summed E-state index contributed by atoms with van der Waals surface area (Å²) in [6.45, 7) is 7.12. The lowest BCUT2D eigenvalue weighted by atomic mass is 10.1. The van der Waals surface area contributed by atoms with E-state index in [0.717, 1.165) is 22.4 Å². The fraction of sp³-hybridized carbons (Fsp3) is 0.467. The molecule has 0 spiro atoms. The zero-order chi connectivity index (χ0) is 15.4. The molecule has 2 rings (SSSR count). The monoisotopic (exact) mass is 353 g/mol. The first-order valence-electron chi connectivity index (χ1n) is 6.94. The highest BCUT2D eigenvalue weighted by Crippen LogP contribution is 2.29. The van der Waals surface area contributed by atoms with Crippen molar-refractivity contribution in [3.05, 3.63) is 40.4 Å². The van der Waals surface area contributed by atoms with Crippen molar-refractivity contribution in [2.24, 2.45) is 5.92 Å². The van der Waals surface area contributed by atoms with Crippen LogP contribution in [0.25, 0.3) is 0 Å². The Hall–Kier alpha value is -1.40. The number of hydrogen-bond acceptors (Lipinski definition) is 4. The van der Waals surface area contributed by atoms with E-state index in [1.54, 1.807) is 6.92 Å². The first kappa shape index (κ1) is 16.0. The Morgan fingerprint density at radius 1 is 1.33 bits per heavy atom. The summed E-state index contributed by atoms with van der Waals surface area (Å²) in [6.07, 6.45) is 0.948. The number of aliphatic hydroxyl groups excluding tert-OH is 1. The molecule has 1 aromatic heterocycles. The van der Waals surface area contributed by atoms with Gasteiger partial charge in [-0.15, -0.1) is 0 Å². The van der Waals surface area contributed by atoms with E-state index in [4.69, 9.17) is 4.74 Å². The van der Waals surface area contributed by atoms with Crippen molar-refractivity contribution >= 4 is 15.9 Å². The van der Waals surface area contributed by atoms with E-state index >= 15 is 0 Å². The molecule has 0 amide bonds. The number of aromatic nitrogens is 3. The highest BCUT2D eigenvalue weighted by molar-refractivity contribution is 9.10. The van der Waals surface area contributed by atoms with Crippen molar-refractivity contribution in [2.45, 2.75) is 40.0 Å². The molecule has 1 unspecified atom stereocenters. The van der Waals surface area contributed by atoms with Crippen molar-refractivity contribution in [3.63, 3.8) is 0 Å². The molecule has 0 fully saturated rings. The van der Waals surface area contributed by atoms with Crippen molar-refractivity contribution in [1.29, 1.82) is 0 Å². The molecule has 1 heterocycles. The van der Waals surface area contributed by atoms with Crippen LogP contribution in [0.4, 0.5) is 0 Å². The van der Waals surface area contributed by atoms with Crippen LogP contribution in [-0.4, -0.2) is 19.9 Å². The molecule has 0 aliphatic carbocycles. The van der Waals surface area contributed by atoms with Crippen molar-refractivity contribution in [3.8, 4) is 5.75 Å². The first-order valence-corrected chi connectivity index (χ1v) is 7.73. The molecule has 0 saturated heterocycles. The van der Waals surface area contributed by atoms with Gasteiger partial charge in [0.25, 0.3) is 0 Å². The maximum absolute atomic E-state index is 9.83. The summed E-state index contributed by atoms with van der Waals surface area (Å²) in [5, 5.41) is 14.0. The van der Waals surface area contributed by atoms with Crippen molar-refractivity contribution in [1.82, 2.24) is 14.8 Å². The minimum Gasteiger partial charge on any atom is -0.485 e. The normalized spacial score (nSPS) is 12.7. The van der Waals surface area contributed by atoms with Crippen LogP contribution in [0.1, 0.15) is 38.3 Å². The zero-order valence-electron chi connectivity index (χ0n) is 12.5. The molecule has 1 atom stereocenters. The molecule has 0 saturated carbocycles. The van der Waals surface area contributed by atoms with Crippen LogP contribution in [-0.2, 0) is 13.2 Å². The van der Waals surface area contributed by atoms with Gasteiger partial charge in [-0.1, -0.05) is 29.8 Å². The second-order valence-electron chi connectivity index (χ2n) is 5.40. The van der Waals surface area contributed by atoms with Gasteiger partial charge < -0.3 is 9.84 Å². The van der Waals surface area contributed by atoms with E-state index in [0.29, 0.717) is 18.3 Å². The summed E-state index contributed by atoms with van der Waals surface area (Å²) in [7, 11) is 0. The molecule has 0 radical (unpaired) electrons. The Bertz CT molecular complexity index is 596. The molecular formula is C15H20BrN3O2. The van der Waals surface area contributed by atoms with Crippen LogP contribution >= 0.6 is 15.9 Å². The van der Waals surface area contributed by atoms with Crippen LogP contribution in [0.5, 0.6) is 5.75 Å². The van der Waals surface area contributed by atoms with Gasteiger partial charge in [-0.3, -0.25) is 0 Å². The van der Waals surface area contributed by atoms with Gasteiger partial charge >= 0.3 is 0 Å². The maximum atomic E-state index is 9.83. The van der Waals surface area contributed by atoms with Gasteiger partial charge in [0.1, 0.15) is 18.7 Å². The Kier molecular flexibility index (Phi) is 5.36. The maximum Gasteiger partial charge on any atom is 0.164 e. The Balaban J connectivity index is 2.12. The van der Waals surface area contributed by atoms with Gasteiger partial charge in [0, 0.05) is 16.6 Å². The summed E-state index contributed by atoms with van der Waals surface area (Å²) >= 11 is 3.40. The van der Waals surface area contributed by atoms with Crippen molar-refractivity contribution < 1.29 is 9.84 Å². The van der Waals surface area contributed by atoms with Crippen LogP contribution in [0.2, 0.25) is 0 Å². The lowest BCUT2D eigenvalue weighted by molar-refractivity contribution is 0.188. The average Bonchev–Trinajstić information content (AvgIpc) is 2.83. The van der Waals surface area contributed by atoms with Gasteiger partial charge in [0.15, 0.2) is 5.82 Å². The molecular weight excluding hydrogens is 334 g/mol. The molecule has 21 heavy (non-hydrogen) atoms. The second kappa shape index (κ2) is 7.04. The van der Waals surface area contributed by atoms with Gasteiger partial charge in [-0.25, -0.2) is 9.67 Å². The largest absolute Gasteiger partial charge is 0.485 e. The molecule has 114 valence electrons. The third-order valence-corrected chi connectivity index (χ3v) is 3.51. The van der Waals surface area contributed by atoms with Gasteiger partial charge in [-0.05, 0) is 31.0 Å². The predicted molar refractivity (Wildman–Crippen MR) is 84.0 cm³/mol. The highest BCUT2D eigenvalue weighted by Gasteiger charge is 2.12. The predicted octanol–water partition coefficient (Wildman–Crippen LogP) is 3.33. The number of benzene rings is 1. The molecule has 0 aliphatic rings. The molecule has 5 nitrogen and oxygen atoms in total. The third-order valence-electron chi connectivity index (χ3n) is 3.01. The SMILES string of the molecule is CC(C)Cn1ncnc1COc1ccc(Br)cc1C(C)O. The summed E-state index contributed by atoms with van der Waals surface area (Å²) < 4.78 is 8.58. The minimum absolute atomic E-state index is 0.327. The standard InChI is InChI=1S/C15H20BrN3O2/c1-10(2)7-19-15(17-9-18-19)8-21-14-5-4-12(16)6-13(14)11(3)20/h4-6,9-11,20H,7-8H2,1-3H3. The second-order valence-corrected chi connectivity index (χ2v) is 6.31. The topological polar surface area (TPSA) is 60.2 Å². The lowest BCUT2D eigenvalue weighted by Crippen LogP contribution is -2.12. The van der Waals surface area contributed by atoms with Crippen LogP contribution in [0.15, 0.2) is 29.0 Å². The number of hydrogen-bond donors (Lipinski definition) is 1. The number of aliphatic hydroxyl groups is 1. The fourth-order valence-corrected chi connectivity index (χ4v) is 2.40. The molecule has 1 aromatic carbocycles. The quantitative estimate of drug-likeness (QED) is 0.865. The highest BCUT2D eigenvalue weighted by atomic mass is 79.9. The van der Waals surface area contributed by atoms with Gasteiger partial charge in [0.05, 0.1) is 6.10 Å². The lowest BCUT2D eigenvalue weighted by Gasteiger charge is -2.14. The summed E-state index contributed by atoms with van der Waals surface area (Å²) in [5.41, 5.74) is 0.749. The van der Waals surface area contributed by atoms with E-state index in [-0.39, 0.29) is 0 Å². The summed E-state index contributed by atoms with van der Waals surface area (Å²) in [4.78, 5) is 4.23. The summed E-state index contributed by atoms with van der Waals surface area (Å²) in [5.74, 6) is 1.93. The number of rotatable bonds is 6. The molecule has 0 bridgehead atoms. The molecule has 1 N–H and O–H groups in total. The Labute approximate surface area is 133 Å². The Morgan fingerprint density at radius 3 is 2.76 bits per heavy atom. The van der Waals surface area contributed by atoms with Crippen LogP contribution in [0, 0.1) is 5.92 Å². The minimum atomic E-state index is -0.592. The number of halogens is 1. The van der Waals surface area contributed by atoms with E-state index in [1.165, 1.54) is 6.33 Å². The van der Waals surface area contributed by atoms with Crippen molar-refractivity contribution in [2.75, 3.05) is 0 Å². The average molecular weight is 354 g/mol. The van der Waals surface area contributed by atoms with Crippen LogP contribution < -0.4 is 4.74 Å². The van der Waals surface area contributed by atoms with Crippen LogP contribution in [0.3, 0.4) is 0 Å². The van der Waals surface area contributed by atoms with E-state index in [2.05, 4.69) is 39.9 Å². The number of ether oxygens (including phenoxy) is 1. The molecule has 0 aliphatic heterocycles. The smallest absolute Gasteiger partial charge is 0.164 e. The Morgan fingerprint density at radius 2 is 2.10 bits per heavy atom. The summed E-state index contributed by atoms with van der Waals surface area (Å²) in [6, 6.07) is 5.59.